The van der Waals surface area contributed by atoms with Gasteiger partial charge in [-0.1, -0.05) is 12.1 Å². The van der Waals surface area contributed by atoms with Gasteiger partial charge < -0.3 is 45.8 Å². The highest BCUT2D eigenvalue weighted by Gasteiger charge is 2.50. The molecule has 210 valence electrons. The molecule has 6 atom stereocenters. The summed E-state index contributed by atoms with van der Waals surface area (Å²) in [6, 6.07) is 3.09. The van der Waals surface area contributed by atoms with E-state index >= 15 is 0 Å². The molecule has 0 radical (unpaired) electrons. The zero-order valence-corrected chi connectivity index (χ0v) is 21.5. The summed E-state index contributed by atoms with van der Waals surface area (Å²) in [6.45, 7) is 0.530. The van der Waals surface area contributed by atoms with Crippen LogP contribution in [-0.4, -0.2) is 84.7 Å². The van der Waals surface area contributed by atoms with Gasteiger partial charge in [0.15, 0.2) is 17.9 Å². The Hall–Kier alpha value is -3.10. The van der Waals surface area contributed by atoms with Crippen LogP contribution in [0.25, 0.3) is 0 Å². The van der Waals surface area contributed by atoms with Crippen molar-refractivity contribution in [1.82, 2.24) is 0 Å². The van der Waals surface area contributed by atoms with E-state index in [1.54, 1.807) is 6.92 Å². The van der Waals surface area contributed by atoms with Crippen LogP contribution in [0.4, 0.5) is 0 Å². The molecule has 1 aliphatic heterocycles. The smallest absolute Gasteiger partial charge is 0.202 e. The van der Waals surface area contributed by atoms with Crippen LogP contribution in [0.3, 0.4) is 0 Å². The molecule has 2 aromatic carbocycles. The van der Waals surface area contributed by atoms with E-state index in [1.165, 1.54) is 18.2 Å². The van der Waals surface area contributed by atoms with Crippen LogP contribution >= 0.6 is 12.4 Å². The van der Waals surface area contributed by atoms with Crippen molar-refractivity contribution in [2.75, 3.05) is 6.61 Å². The van der Waals surface area contributed by atoms with Gasteiger partial charge in [0.2, 0.25) is 5.78 Å². The first kappa shape index (κ1) is 28.9. The van der Waals surface area contributed by atoms with E-state index < -0.39 is 101 Å². The number of aromatic hydroxyl groups is 3. The molecule has 3 aliphatic rings. The third kappa shape index (κ3) is 4.38. The van der Waals surface area contributed by atoms with E-state index in [0.29, 0.717) is 0 Å². The standard InChI is InChI=1S/C26H27NO11.ClH/c1-9-21(31)12(27)5-16(37-9)38-14-7-26(36,15(30)8-28)6-11-18(14)25(35)20-19(23(11)33)22(32)10-3-2-4-13(29)17(10)24(20)34;/h2-4,9,12,14,16,21,28-29,31,33,35-36H,5-8,27H2,1H3;1H/t9-,12-,14-,16-,21+,26-;/m0./s1. The fraction of sp³-hybridized carbons (Fsp3) is 0.423. The highest BCUT2D eigenvalue weighted by molar-refractivity contribution is 6.31. The first-order valence-electron chi connectivity index (χ1n) is 12.0. The Balaban J connectivity index is 0.00000353. The highest BCUT2D eigenvalue weighted by atomic mass is 35.5. The molecule has 0 unspecified atom stereocenters. The monoisotopic (exact) mass is 565 g/mol. The number of halogens is 1. The van der Waals surface area contributed by atoms with E-state index in [-0.39, 0.29) is 41.1 Å². The minimum atomic E-state index is -2.26. The normalized spacial score (nSPS) is 29.6. The lowest BCUT2D eigenvalue weighted by Gasteiger charge is -2.42. The third-order valence-electron chi connectivity index (χ3n) is 7.60. The van der Waals surface area contributed by atoms with Crippen molar-refractivity contribution >= 4 is 29.8 Å². The molecule has 0 spiro atoms. The predicted octanol–water partition coefficient (Wildman–Crippen LogP) is 0.120. The van der Waals surface area contributed by atoms with Gasteiger partial charge in [0, 0.05) is 42.0 Å². The third-order valence-corrected chi connectivity index (χ3v) is 7.60. The van der Waals surface area contributed by atoms with E-state index in [1.807, 2.05) is 0 Å². The quantitative estimate of drug-likeness (QED) is 0.210. The minimum absolute atomic E-state index is 0. The number of aliphatic hydroxyl groups excluding tert-OH is 2. The molecule has 0 saturated carbocycles. The lowest BCUT2D eigenvalue weighted by molar-refractivity contribution is -0.247. The van der Waals surface area contributed by atoms with Gasteiger partial charge in [0.25, 0.3) is 0 Å². The molecule has 39 heavy (non-hydrogen) atoms. The van der Waals surface area contributed by atoms with Crippen LogP contribution in [0.2, 0.25) is 0 Å². The number of rotatable bonds is 4. The molecule has 0 aromatic heterocycles. The second-order valence-electron chi connectivity index (χ2n) is 9.98. The van der Waals surface area contributed by atoms with Gasteiger partial charge in [-0.3, -0.25) is 14.4 Å². The van der Waals surface area contributed by atoms with Gasteiger partial charge in [-0.2, -0.15) is 0 Å². The maximum Gasteiger partial charge on any atom is 0.202 e. The van der Waals surface area contributed by atoms with Crippen molar-refractivity contribution in [2.45, 2.75) is 62.4 Å². The number of hydrogen-bond acceptors (Lipinski definition) is 12. The van der Waals surface area contributed by atoms with Gasteiger partial charge in [0.1, 0.15) is 29.5 Å². The van der Waals surface area contributed by atoms with Crippen molar-refractivity contribution in [3.8, 4) is 17.2 Å². The van der Waals surface area contributed by atoms with Gasteiger partial charge in [0.05, 0.1) is 35.0 Å². The Labute approximate surface area is 228 Å². The molecule has 0 amide bonds. The molecular formula is C26H28ClNO11. The first-order chi connectivity index (χ1) is 17.9. The SMILES string of the molecule is C[C@@H]1O[C@@H](O[C@H]2C[C@](O)(C(=O)CO)Cc3c(O)c4c(c(O)c32)C(=O)c2c(O)cccc2C4=O)C[C@H](N)[C@@H]1O.Cl. The summed E-state index contributed by atoms with van der Waals surface area (Å²) in [5, 5.41) is 63.7. The van der Waals surface area contributed by atoms with Crippen molar-refractivity contribution in [3.63, 3.8) is 0 Å². The molecule has 1 heterocycles. The maximum absolute atomic E-state index is 13.4. The Bertz CT molecular complexity index is 1370. The van der Waals surface area contributed by atoms with E-state index in [4.69, 9.17) is 15.2 Å². The number of hydrogen-bond donors (Lipinski definition) is 7. The molecule has 5 rings (SSSR count). The average Bonchev–Trinajstić information content (AvgIpc) is 2.86. The molecule has 12 nitrogen and oxygen atoms in total. The molecule has 2 aliphatic carbocycles. The number of ether oxygens (including phenoxy) is 2. The summed E-state index contributed by atoms with van der Waals surface area (Å²) in [5.74, 6) is -4.72. The van der Waals surface area contributed by atoms with Gasteiger partial charge in [-0.15, -0.1) is 12.4 Å². The lowest BCUT2D eigenvalue weighted by Crippen LogP contribution is -2.53. The molecule has 13 heteroatoms. The fourth-order valence-electron chi connectivity index (χ4n) is 5.59. The van der Waals surface area contributed by atoms with Gasteiger partial charge >= 0.3 is 0 Å². The summed E-state index contributed by atoms with van der Waals surface area (Å²) in [7, 11) is 0. The average molecular weight is 566 g/mol. The summed E-state index contributed by atoms with van der Waals surface area (Å²) in [4.78, 5) is 39.3. The maximum atomic E-state index is 13.4. The molecule has 8 N–H and O–H groups in total. The second-order valence-corrected chi connectivity index (χ2v) is 9.98. The number of phenols is 3. The number of phenolic OH excluding ortho intramolecular Hbond substituents is 3. The van der Waals surface area contributed by atoms with Crippen LogP contribution in [0.15, 0.2) is 18.2 Å². The van der Waals surface area contributed by atoms with Crippen LogP contribution in [0, 0.1) is 0 Å². The Morgan fingerprint density at radius 2 is 1.79 bits per heavy atom. The molecule has 2 aromatic rings. The minimum Gasteiger partial charge on any atom is -0.507 e. The van der Waals surface area contributed by atoms with E-state index in [2.05, 4.69) is 0 Å². The number of carbonyl (C=O) groups is 3. The highest BCUT2D eigenvalue weighted by Crippen LogP contribution is 2.52. The largest absolute Gasteiger partial charge is 0.507 e. The Morgan fingerprint density at radius 3 is 2.44 bits per heavy atom. The molecule has 0 bridgehead atoms. The van der Waals surface area contributed by atoms with Crippen molar-refractivity contribution in [2.24, 2.45) is 5.73 Å². The number of ketones is 3. The van der Waals surface area contributed by atoms with Crippen molar-refractivity contribution in [1.29, 1.82) is 0 Å². The molecule has 1 fully saturated rings. The van der Waals surface area contributed by atoms with Crippen LogP contribution in [-0.2, 0) is 20.7 Å². The van der Waals surface area contributed by atoms with Crippen LogP contribution in [0.5, 0.6) is 17.2 Å². The summed E-state index contributed by atoms with van der Waals surface area (Å²) < 4.78 is 11.7. The molecular weight excluding hydrogens is 538 g/mol. The summed E-state index contributed by atoms with van der Waals surface area (Å²) in [6.07, 6.45) is -5.27. The van der Waals surface area contributed by atoms with E-state index in [0.717, 1.165) is 0 Å². The Kier molecular flexibility index (Phi) is 7.51. The lowest BCUT2D eigenvalue weighted by atomic mass is 9.72. The number of aliphatic hydroxyl groups is 3. The number of fused-ring (bicyclic) bond motifs is 3. The summed E-state index contributed by atoms with van der Waals surface area (Å²) in [5.41, 5.74) is 1.70. The zero-order valence-electron chi connectivity index (χ0n) is 20.7. The van der Waals surface area contributed by atoms with Gasteiger partial charge in [-0.05, 0) is 13.0 Å². The topological polar surface area (TPSA) is 217 Å². The number of Topliss-reactive ketones (excluding diaryl/α,β-unsaturated/α-hetero) is 1. The number of carbonyl (C=O) groups excluding carboxylic acids is 3. The first-order valence-corrected chi connectivity index (χ1v) is 12.0. The number of benzene rings is 2. The zero-order chi connectivity index (χ0) is 27.7. The van der Waals surface area contributed by atoms with Crippen LogP contribution < -0.4 is 5.73 Å². The van der Waals surface area contributed by atoms with Crippen molar-refractivity contribution < 1.29 is 54.5 Å². The summed E-state index contributed by atoms with van der Waals surface area (Å²) >= 11 is 0. The van der Waals surface area contributed by atoms with Crippen molar-refractivity contribution in [3.05, 3.63) is 51.6 Å². The number of nitrogens with two attached hydrogens (primary N) is 1. The predicted molar refractivity (Wildman–Crippen MR) is 134 cm³/mol. The van der Waals surface area contributed by atoms with Crippen LogP contribution in [0.1, 0.15) is 68.8 Å². The Morgan fingerprint density at radius 1 is 1.13 bits per heavy atom. The van der Waals surface area contributed by atoms with Gasteiger partial charge in [-0.25, -0.2) is 0 Å². The second kappa shape index (κ2) is 10.1. The fourth-order valence-corrected chi connectivity index (χ4v) is 5.59. The molecule has 1 saturated heterocycles. The van der Waals surface area contributed by atoms with E-state index in [9.17, 15) is 45.0 Å².